The van der Waals surface area contributed by atoms with Crippen LogP contribution in [-0.2, 0) is 33.7 Å². The van der Waals surface area contributed by atoms with Crippen molar-refractivity contribution >= 4 is 27.5 Å². The number of rotatable bonds is 6. The van der Waals surface area contributed by atoms with E-state index in [4.69, 9.17) is 11.6 Å². The Hall–Kier alpha value is -3.44. The van der Waals surface area contributed by atoms with Crippen LogP contribution in [0.3, 0.4) is 0 Å². The summed E-state index contributed by atoms with van der Waals surface area (Å²) in [6.45, 7) is 0.426. The van der Waals surface area contributed by atoms with Crippen LogP contribution in [0.5, 0.6) is 0 Å². The van der Waals surface area contributed by atoms with Crippen molar-refractivity contribution in [1.29, 1.82) is 0 Å². The Bertz CT molecular complexity index is 1550. The van der Waals surface area contributed by atoms with Crippen LogP contribution in [0.4, 0.5) is 30.7 Å². The average molecular weight is 627 g/mol. The van der Waals surface area contributed by atoms with Crippen molar-refractivity contribution in [2.24, 2.45) is 0 Å². The third kappa shape index (κ3) is 6.41. The summed E-state index contributed by atoms with van der Waals surface area (Å²) in [5.74, 6) is -2.55. The number of aromatic nitrogens is 4. The van der Waals surface area contributed by atoms with Gasteiger partial charge in [0.25, 0.3) is 0 Å². The van der Waals surface area contributed by atoms with E-state index in [0.29, 0.717) is 10.5 Å². The zero-order valence-electron chi connectivity index (χ0n) is 20.6. The fraction of sp³-hybridized carbons (Fsp3) is 0.348. The molecule has 1 N–H and O–H groups in total. The van der Waals surface area contributed by atoms with Crippen LogP contribution in [0.15, 0.2) is 48.0 Å². The SMILES string of the molecule is C[C@@H]1[C@H](F)C[C@H](C(=O)NCc2cc(-c3cnc(C(F)(F)F)nc3)ncc2C(F)(F)F)N1S(=O)(=O)c1cncc(Cl)c1. The summed E-state index contributed by atoms with van der Waals surface area (Å²) in [6, 6.07) is -0.997. The van der Waals surface area contributed by atoms with Crippen molar-refractivity contribution in [3.63, 3.8) is 0 Å². The Morgan fingerprint density at radius 1 is 1.02 bits per heavy atom. The summed E-state index contributed by atoms with van der Waals surface area (Å²) in [5.41, 5.74) is -2.19. The maximum Gasteiger partial charge on any atom is 0.451 e. The zero-order chi connectivity index (χ0) is 30.3. The summed E-state index contributed by atoms with van der Waals surface area (Å²) in [6.07, 6.45) is -8.15. The highest BCUT2D eigenvalue weighted by Gasteiger charge is 2.49. The molecule has 1 saturated heterocycles. The molecule has 220 valence electrons. The van der Waals surface area contributed by atoms with E-state index in [1.165, 1.54) is 6.92 Å². The number of hydrogen-bond acceptors (Lipinski definition) is 7. The number of carbonyl (C=O) groups excluding carboxylic acids is 1. The van der Waals surface area contributed by atoms with Crippen LogP contribution in [0.25, 0.3) is 11.3 Å². The topological polar surface area (TPSA) is 118 Å². The normalized spacial score (nSPS) is 20.3. The molecule has 1 fully saturated rings. The molecule has 0 aromatic carbocycles. The van der Waals surface area contributed by atoms with Crippen molar-refractivity contribution in [3.8, 4) is 11.3 Å². The second kappa shape index (κ2) is 11.1. The van der Waals surface area contributed by atoms with Gasteiger partial charge in [0, 0.05) is 49.5 Å². The fourth-order valence-corrected chi connectivity index (χ4v) is 6.22. The molecular formula is C23H18ClF7N6O3S. The lowest BCUT2D eigenvalue weighted by Gasteiger charge is -2.27. The number of nitrogens with zero attached hydrogens (tertiary/aromatic N) is 5. The molecule has 1 amide bonds. The second-order valence-electron chi connectivity index (χ2n) is 8.92. The Morgan fingerprint density at radius 2 is 1.68 bits per heavy atom. The van der Waals surface area contributed by atoms with Gasteiger partial charge in [-0.2, -0.15) is 30.6 Å². The molecule has 41 heavy (non-hydrogen) atoms. The van der Waals surface area contributed by atoms with Gasteiger partial charge < -0.3 is 5.32 Å². The van der Waals surface area contributed by atoms with E-state index >= 15 is 0 Å². The minimum absolute atomic E-state index is 0.0395. The van der Waals surface area contributed by atoms with Crippen molar-refractivity contribution in [2.45, 2.75) is 55.4 Å². The molecule has 3 atom stereocenters. The van der Waals surface area contributed by atoms with E-state index in [-0.39, 0.29) is 16.3 Å². The van der Waals surface area contributed by atoms with Crippen LogP contribution in [0, 0.1) is 0 Å². The largest absolute Gasteiger partial charge is 0.451 e. The first-order valence-corrected chi connectivity index (χ1v) is 13.3. The smallest absolute Gasteiger partial charge is 0.351 e. The minimum atomic E-state index is -4.94. The van der Waals surface area contributed by atoms with Gasteiger partial charge >= 0.3 is 12.4 Å². The molecule has 3 aromatic heterocycles. The van der Waals surface area contributed by atoms with Crippen molar-refractivity contribution in [1.82, 2.24) is 29.6 Å². The van der Waals surface area contributed by atoms with Crippen molar-refractivity contribution < 1.29 is 43.9 Å². The summed E-state index contributed by atoms with van der Waals surface area (Å²) in [7, 11) is -4.51. The molecule has 0 aliphatic carbocycles. The highest BCUT2D eigenvalue weighted by Crippen LogP contribution is 2.35. The molecule has 1 aliphatic rings. The number of nitrogens with one attached hydrogen (secondary N) is 1. The number of halogens is 8. The second-order valence-corrected chi connectivity index (χ2v) is 11.2. The number of amides is 1. The first kappa shape index (κ1) is 30.5. The molecule has 0 radical (unpaired) electrons. The van der Waals surface area contributed by atoms with Crippen molar-refractivity contribution in [3.05, 3.63) is 65.1 Å². The van der Waals surface area contributed by atoms with Gasteiger partial charge in [0.1, 0.15) is 17.1 Å². The zero-order valence-corrected chi connectivity index (χ0v) is 22.2. The first-order chi connectivity index (χ1) is 19.0. The van der Waals surface area contributed by atoms with E-state index < -0.39 is 81.4 Å². The van der Waals surface area contributed by atoms with Gasteiger partial charge in [-0.3, -0.25) is 14.8 Å². The van der Waals surface area contributed by atoms with Gasteiger partial charge in [0.15, 0.2) is 0 Å². The standard InChI is InChI=1S/C23H18ClF7N6O3S/c1-11-17(25)4-19(37(11)41(39,40)15-3-14(24)8-32-9-15)20(38)34-5-12-2-18(33-10-16(12)22(26,27)28)13-6-35-21(36-7-13)23(29,30)31/h2-3,6-11,17,19H,4-5H2,1H3,(H,34,38)/t11-,17-,19-/m1/s1. The van der Waals surface area contributed by atoms with Crippen LogP contribution in [0.1, 0.15) is 30.3 Å². The van der Waals surface area contributed by atoms with Crippen LogP contribution in [-0.4, -0.2) is 56.8 Å². The highest BCUT2D eigenvalue weighted by molar-refractivity contribution is 7.89. The molecule has 0 spiro atoms. The van der Waals surface area contributed by atoms with Gasteiger partial charge in [-0.25, -0.2) is 22.8 Å². The van der Waals surface area contributed by atoms with E-state index in [0.717, 1.165) is 36.9 Å². The third-order valence-corrected chi connectivity index (χ3v) is 8.36. The predicted molar refractivity (Wildman–Crippen MR) is 128 cm³/mol. The summed E-state index contributed by atoms with van der Waals surface area (Å²) < 4.78 is 121. The quantitative estimate of drug-likeness (QED) is 0.402. The minimum Gasteiger partial charge on any atom is -0.351 e. The van der Waals surface area contributed by atoms with E-state index in [9.17, 15) is 43.9 Å². The molecule has 4 rings (SSSR count). The van der Waals surface area contributed by atoms with Crippen LogP contribution >= 0.6 is 11.6 Å². The first-order valence-electron chi connectivity index (χ1n) is 11.5. The van der Waals surface area contributed by atoms with Gasteiger partial charge in [-0.15, -0.1) is 0 Å². The number of pyridine rings is 2. The van der Waals surface area contributed by atoms with Gasteiger partial charge in [-0.05, 0) is 24.6 Å². The van der Waals surface area contributed by atoms with E-state index in [1.807, 2.05) is 0 Å². The molecule has 4 heterocycles. The average Bonchev–Trinajstić information content (AvgIpc) is 3.20. The molecule has 9 nitrogen and oxygen atoms in total. The molecule has 0 unspecified atom stereocenters. The molecule has 0 saturated carbocycles. The molecule has 1 aliphatic heterocycles. The summed E-state index contributed by atoms with van der Waals surface area (Å²) >= 11 is 5.82. The Labute approximate surface area is 232 Å². The molecular weight excluding hydrogens is 609 g/mol. The van der Waals surface area contributed by atoms with Gasteiger partial charge in [0.2, 0.25) is 21.8 Å². The monoisotopic (exact) mass is 626 g/mol. The number of hydrogen-bond donors (Lipinski definition) is 1. The Balaban J connectivity index is 1.62. The van der Waals surface area contributed by atoms with Gasteiger partial charge in [-0.1, -0.05) is 11.6 Å². The predicted octanol–water partition coefficient (Wildman–Crippen LogP) is 4.43. The highest BCUT2D eigenvalue weighted by atomic mass is 35.5. The van der Waals surface area contributed by atoms with Crippen molar-refractivity contribution in [2.75, 3.05) is 0 Å². The van der Waals surface area contributed by atoms with Crippen LogP contribution in [0.2, 0.25) is 5.02 Å². The van der Waals surface area contributed by atoms with Crippen LogP contribution < -0.4 is 5.32 Å². The lowest BCUT2D eigenvalue weighted by molar-refractivity contribution is -0.145. The molecule has 0 bridgehead atoms. The number of alkyl halides is 7. The lowest BCUT2D eigenvalue weighted by atomic mass is 10.1. The number of carbonyl (C=O) groups is 1. The Morgan fingerprint density at radius 3 is 2.27 bits per heavy atom. The maximum absolute atomic E-state index is 14.7. The summed E-state index contributed by atoms with van der Waals surface area (Å²) in [4.78, 5) is 26.3. The van der Waals surface area contributed by atoms with Gasteiger partial charge in [0.05, 0.1) is 22.3 Å². The van der Waals surface area contributed by atoms with E-state index in [2.05, 4.69) is 25.3 Å². The fourth-order valence-electron chi connectivity index (χ4n) is 4.18. The lowest BCUT2D eigenvalue weighted by Crippen LogP contribution is -2.48. The summed E-state index contributed by atoms with van der Waals surface area (Å²) in [5, 5.41) is 2.17. The third-order valence-electron chi connectivity index (χ3n) is 6.19. The maximum atomic E-state index is 14.7. The molecule has 3 aromatic rings. The molecule has 18 heteroatoms. The number of sulfonamides is 1. The van der Waals surface area contributed by atoms with E-state index in [1.54, 1.807) is 0 Å². The Kier molecular flexibility index (Phi) is 8.26.